The SMILES string of the molecule is O=C(CCN1CCN(c2ncc[nH]c2=O)CC1)Nc1cccnc1. The topological polar surface area (TPSA) is 94.2 Å². The van der Waals surface area contributed by atoms with Crippen LogP contribution in [0, 0.1) is 0 Å². The second-order valence-electron chi connectivity index (χ2n) is 5.61. The quantitative estimate of drug-likeness (QED) is 0.821. The summed E-state index contributed by atoms with van der Waals surface area (Å²) < 4.78 is 0. The molecule has 0 aromatic carbocycles. The summed E-state index contributed by atoms with van der Waals surface area (Å²) in [5.74, 6) is 0.443. The lowest BCUT2D eigenvalue weighted by Gasteiger charge is -2.34. The van der Waals surface area contributed by atoms with Gasteiger partial charge in [-0.25, -0.2) is 4.98 Å². The minimum Gasteiger partial charge on any atom is -0.349 e. The van der Waals surface area contributed by atoms with Crippen LogP contribution in [-0.2, 0) is 4.79 Å². The maximum absolute atomic E-state index is 12.0. The third-order valence-electron chi connectivity index (χ3n) is 3.96. The Morgan fingerprint density at radius 2 is 2.08 bits per heavy atom. The first kappa shape index (κ1) is 16.1. The molecule has 1 fully saturated rings. The average Bonchev–Trinajstić information content (AvgIpc) is 2.62. The summed E-state index contributed by atoms with van der Waals surface area (Å²) in [5.41, 5.74) is 0.545. The zero-order valence-electron chi connectivity index (χ0n) is 13.3. The number of rotatable bonds is 5. The third kappa shape index (κ3) is 4.17. The van der Waals surface area contributed by atoms with Crippen LogP contribution in [0.5, 0.6) is 0 Å². The number of aromatic nitrogens is 3. The van der Waals surface area contributed by atoms with Gasteiger partial charge >= 0.3 is 0 Å². The number of piperazine rings is 1. The highest BCUT2D eigenvalue weighted by Crippen LogP contribution is 2.09. The molecule has 0 aliphatic carbocycles. The van der Waals surface area contributed by atoms with Gasteiger partial charge in [-0.15, -0.1) is 0 Å². The highest BCUT2D eigenvalue weighted by Gasteiger charge is 2.20. The number of carbonyl (C=O) groups excluding carboxylic acids is 1. The Morgan fingerprint density at radius 3 is 2.79 bits per heavy atom. The molecule has 2 aromatic rings. The molecule has 1 aliphatic rings. The van der Waals surface area contributed by atoms with Gasteiger partial charge in [0.1, 0.15) is 0 Å². The van der Waals surface area contributed by atoms with Crippen molar-refractivity contribution in [2.24, 2.45) is 0 Å². The van der Waals surface area contributed by atoms with Crippen LogP contribution in [0.2, 0.25) is 0 Å². The van der Waals surface area contributed by atoms with Gasteiger partial charge in [0.15, 0.2) is 5.82 Å². The average molecular weight is 328 g/mol. The van der Waals surface area contributed by atoms with Crippen LogP contribution in [-0.4, -0.2) is 58.5 Å². The van der Waals surface area contributed by atoms with Crippen LogP contribution in [0.1, 0.15) is 6.42 Å². The summed E-state index contributed by atoms with van der Waals surface area (Å²) in [6, 6.07) is 3.60. The molecule has 1 aliphatic heterocycles. The van der Waals surface area contributed by atoms with Crippen LogP contribution < -0.4 is 15.8 Å². The molecule has 8 heteroatoms. The minimum atomic E-state index is -0.165. The number of carbonyl (C=O) groups is 1. The van der Waals surface area contributed by atoms with Crippen molar-refractivity contribution in [1.29, 1.82) is 0 Å². The standard InChI is InChI=1S/C16H20N6O2/c23-14(20-13-2-1-4-17-12-13)3-7-21-8-10-22(11-9-21)15-16(24)19-6-5-18-15/h1-2,4-6,12H,3,7-11H2,(H,19,24)(H,20,23). The molecule has 8 nitrogen and oxygen atoms in total. The van der Waals surface area contributed by atoms with Gasteiger partial charge in [-0.3, -0.25) is 19.5 Å². The molecule has 1 saturated heterocycles. The van der Waals surface area contributed by atoms with Gasteiger partial charge in [-0.05, 0) is 12.1 Å². The second kappa shape index (κ2) is 7.69. The highest BCUT2D eigenvalue weighted by atomic mass is 16.1. The number of hydrogen-bond donors (Lipinski definition) is 2. The third-order valence-corrected chi connectivity index (χ3v) is 3.96. The van der Waals surface area contributed by atoms with Crippen LogP contribution in [0.25, 0.3) is 0 Å². The summed E-state index contributed by atoms with van der Waals surface area (Å²) in [6.07, 6.45) is 6.84. The molecule has 0 atom stereocenters. The second-order valence-corrected chi connectivity index (χ2v) is 5.61. The number of hydrogen-bond acceptors (Lipinski definition) is 6. The zero-order valence-corrected chi connectivity index (χ0v) is 13.3. The summed E-state index contributed by atoms with van der Waals surface area (Å²) in [7, 11) is 0. The fourth-order valence-electron chi connectivity index (χ4n) is 2.67. The van der Waals surface area contributed by atoms with Crippen molar-refractivity contribution in [2.45, 2.75) is 6.42 Å². The van der Waals surface area contributed by atoms with Crippen molar-refractivity contribution in [3.63, 3.8) is 0 Å². The molecule has 3 rings (SSSR count). The highest BCUT2D eigenvalue weighted by molar-refractivity contribution is 5.90. The first-order valence-electron chi connectivity index (χ1n) is 7.93. The number of nitrogens with one attached hydrogen (secondary N) is 2. The van der Waals surface area contributed by atoms with Crippen molar-refractivity contribution in [1.82, 2.24) is 19.9 Å². The van der Waals surface area contributed by atoms with Crippen molar-refractivity contribution < 1.29 is 4.79 Å². The van der Waals surface area contributed by atoms with E-state index >= 15 is 0 Å². The fraction of sp³-hybridized carbons (Fsp3) is 0.375. The molecule has 0 unspecified atom stereocenters. The smallest absolute Gasteiger partial charge is 0.290 e. The van der Waals surface area contributed by atoms with Crippen LogP contribution in [0.3, 0.4) is 0 Å². The summed E-state index contributed by atoms with van der Waals surface area (Å²) in [4.78, 5) is 38.7. The number of pyridine rings is 1. The number of nitrogens with zero attached hydrogens (tertiary/aromatic N) is 4. The number of anilines is 2. The molecular formula is C16H20N6O2. The first-order chi connectivity index (χ1) is 11.7. The molecule has 24 heavy (non-hydrogen) atoms. The zero-order chi connectivity index (χ0) is 16.8. The van der Waals surface area contributed by atoms with Crippen LogP contribution >= 0.6 is 0 Å². The Kier molecular flexibility index (Phi) is 5.17. The first-order valence-corrected chi connectivity index (χ1v) is 7.93. The predicted molar refractivity (Wildman–Crippen MR) is 91.0 cm³/mol. The number of amides is 1. The lowest BCUT2D eigenvalue weighted by atomic mass is 10.2. The van der Waals surface area contributed by atoms with E-state index in [0.29, 0.717) is 24.5 Å². The molecular weight excluding hydrogens is 308 g/mol. The predicted octanol–water partition coefficient (Wildman–Crippen LogP) is 0.316. The Bertz CT molecular complexity index is 725. The van der Waals surface area contributed by atoms with Gasteiger partial charge in [-0.2, -0.15) is 0 Å². The molecule has 0 radical (unpaired) electrons. The van der Waals surface area contributed by atoms with Crippen molar-refractivity contribution in [3.05, 3.63) is 47.3 Å². The molecule has 2 aromatic heterocycles. The van der Waals surface area contributed by atoms with Crippen LogP contribution in [0.15, 0.2) is 41.7 Å². The normalized spacial score (nSPS) is 15.2. The summed E-state index contributed by atoms with van der Waals surface area (Å²) >= 11 is 0. The Morgan fingerprint density at radius 1 is 1.25 bits per heavy atom. The van der Waals surface area contributed by atoms with Gasteiger partial charge in [0.25, 0.3) is 5.56 Å². The van der Waals surface area contributed by atoms with E-state index in [2.05, 4.69) is 25.2 Å². The van der Waals surface area contributed by atoms with E-state index in [4.69, 9.17) is 0 Å². The van der Waals surface area contributed by atoms with E-state index in [0.717, 1.165) is 26.2 Å². The van der Waals surface area contributed by atoms with E-state index in [1.807, 2.05) is 11.0 Å². The summed E-state index contributed by atoms with van der Waals surface area (Å²) in [5, 5.41) is 2.83. The number of aromatic amines is 1. The van der Waals surface area contributed by atoms with E-state index in [-0.39, 0.29) is 11.5 Å². The van der Waals surface area contributed by atoms with E-state index in [1.165, 1.54) is 6.20 Å². The van der Waals surface area contributed by atoms with Gasteiger partial charge < -0.3 is 15.2 Å². The largest absolute Gasteiger partial charge is 0.349 e. The van der Waals surface area contributed by atoms with Gasteiger partial charge in [-0.1, -0.05) is 0 Å². The molecule has 0 spiro atoms. The Labute approximate surface area is 139 Å². The maximum Gasteiger partial charge on any atom is 0.290 e. The Balaban J connectivity index is 1.43. The molecule has 126 valence electrons. The van der Waals surface area contributed by atoms with Crippen molar-refractivity contribution in [2.75, 3.05) is 42.9 Å². The van der Waals surface area contributed by atoms with Gasteiger partial charge in [0, 0.05) is 57.7 Å². The molecule has 1 amide bonds. The Hall–Kier alpha value is -2.74. The van der Waals surface area contributed by atoms with Gasteiger partial charge in [0.05, 0.1) is 11.9 Å². The van der Waals surface area contributed by atoms with E-state index in [9.17, 15) is 9.59 Å². The minimum absolute atomic E-state index is 0.0217. The van der Waals surface area contributed by atoms with Crippen LogP contribution in [0.4, 0.5) is 11.5 Å². The van der Waals surface area contributed by atoms with E-state index < -0.39 is 0 Å². The van der Waals surface area contributed by atoms with Crippen molar-refractivity contribution in [3.8, 4) is 0 Å². The fourth-order valence-corrected chi connectivity index (χ4v) is 2.67. The van der Waals surface area contributed by atoms with E-state index in [1.54, 1.807) is 24.7 Å². The molecule has 0 saturated carbocycles. The molecule has 3 heterocycles. The lowest BCUT2D eigenvalue weighted by molar-refractivity contribution is -0.116. The monoisotopic (exact) mass is 328 g/mol. The lowest BCUT2D eigenvalue weighted by Crippen LogP contribution is -2.48. The summed E-state index contributed by atoms with van der Waals surface area (Å²) in [6.45, 7) is 3.75. The molecule has 2 N–H and O–H groups in total. The number of H-pyrrole nitrogens is 1. The maximum atomic E-state index is 12.0. The molecule has 0 bridgehead atoms. The van der Waals surface area contributed by atoms with Crippen molar-refractivity contribution >= 4 is 17.4 Å². The van der Waals surface area contributed by atoms with Gasteiger partial charge in [0.2, 0.25) is 5.91 Å².